The summed E-state index contributed by atoms with van der Waals surface area (Å²) in [4.78, 5) is 13.8. The minimum absolute atomic E-state index is 0.238. The van der Waals surface area contributed by atoms with Crippen molar-refractivity contribution in [3.8, 4) is 0 Å². The Bertz CT molecular complexity index is 254. The molecule has 1 heterocycles. The third kappa shape index (κ3) is 1.53. The molecule has 0 aromatic rings. The van der Waals surface area contributed by atoms with Crippen LogP contribution in [-0.4, -0.2) is 28.3 Å². The van der Waals surface area contributed by atoms with E-state index in [9.17, 15) is 10.0 Å². The lowest BCUT2D eigenvalue weighted by molar-refractivity contribution is -0.245. The Balaban J connectivity index is 2.99. The van der Waals surface area contributed by atoms with E-state index < -0.39 is 11.1 Å². The summed E-state index contributed by atoms with van der Waals surface area (Å²) in [5, 5.41) is 12.8. The third-order valence-electron chi connectivity index (χ3n) is 2.79. The summed E-state index contributed by atoms with van der Waals surface area (Å²) in [5.41, 5.74) is -1.03. The van der Waals surface area contributed by atoms with E-state index in [0.717, 1.165) is 5.06 Å². The molecule has 1 radical (unpaired) electrons. The van der Waals surface area contributed by atoms with Crippen molar-refractivity contribution in [2.75, 3.05) is 0 Å². The molecule has 1 atom stereocenters. The van der Waals surface area contributed by atoms with Crippen molar-refractivity contribution in [3.05, 3.63) is 0 Å². The molecule has 0 saturated carbocycles. The molecule has 1 fully saturated rings. The predicted octanol–water partition coefficient (Wildman–Crippen LogP) is 1.30. The van der Waals surface area contributed by atoms with Gasteiger partial charge in [-0.15, -0.1) is 10.3 Å². The van der Waals surface area contributed by atoms with Crippen molar-refractivity contribution < 1.29 is 10.0 Å². The summed E-state index contributed by atoms with van der Waals surface area (Å²) < 4.78 is 0. The normalized spacial score (nSPS) is 31.3. The standard InChI is InChI=1S/C9H15N2O2/c1-8(2)5-7(10-6-12)9(3,4)11(8)13/h7H,5H2,1-4H3. The van der Waals surface area contributed by atoms with Crippen LogP contribution in [0.5, 0.6) is 0 Å². The van der Waals surface area contributed by atoms with Gasteiger partial charge < -0.3 is 0 Å². The molecule has 0 aromatic heterocycles. The number of hydroxylamine groups is 2. The van der Waals surface area contributed by atoms with Gasteiger partial charge in [-0.1, -0.05) is 0 Å². The molecule has 0 aromatic carbocycles. The fourth-order valence-electron chi connectivity index (χ4n) is 1.99. The van der Waals surface area contributed by atoms with Gasteiger partial charge in [-0.05, 0) is 34.1 Å². The van der Waals surface area contributed by atoms with Gasteiger partial charge in [0, 0.05) is 5.54 Å². The summed E-state index contributed by atoms with van der Waals surface area (Å²) in [7, 11) is 0. The molecule has 13 heavy (non-hydrogen) atoms. The maximum Gasteiger partial charge on any atom is 0.235 e. The molecular weight excluding hydrogens is 168 g/mol. The summed E-state index contributed by atoms with van der Waals surface area (Å²) in [6.07, 6.45) is 2.14. The number of hydrogen-bond donors (Lipinski definition) is 0. The van der Waals surface area contributed by atoms with E-state index in [4.69, 9.17) is 0 Å². The van der Waals surface area contributed by atoms with E-state index in [-0.39, 0.29) is 6.04 Å². The van der Waals surface area contributed by atoms with Gasteiger partial charge in [-0.3, -0.25) is 0 Å². The van der Waals surface area contributed by atoms with E-state index in [1.54, 1.807) is 13.8 Å². The maximum absolute atomic E-state index is 11.8. The SMILES string of the molecule is CC1(C)CC(N=C=O)C(C)(C)N1[O]. The first-order chi connectivity index (χ1) is 5.82. The molecule has 73 valence electrons. The highest BCUT2D eigenvalue weighted by atomic mass is 16.5. The summed E-state index contributed by atoms with van der Waals surface area (Å²) >= 11 is 0. The second-order valence-electron chi connectivity index (χ2n) is 4.70. The fourth-order valence-corrected chi connectivity index (χ4v) is 1.99. The summed E-state index contributed by atoms with van der Waals surface area (Å²) in [6, 6.07) is -0.238. The Morgan fingerprint density at radius 3 is 2.23 bits per heavy atom. The zero-order valence-corrected chi connectivity index (χ0v) is 8.50. The van der Waals surface area contributed by atoms with Gasteiger partial charge in [0.25, 0.3) is 0 Å². The van der Waals surface area contributed by atoms with Crippen molar-refractivity contribution in [2.24, 2.45) is 4.99 Å². The first-order valence-corrected chi connectivity index (χ1v) is 4.37. The van der Waals surface area contributed by atoms with Gasteiger partial charge in [-0.2, -0.15) is 0 Å². The smallest absolute Gasteiger partial charge is 0.211 e. The van der Waals surface area contributed by atoms with E-state index >= 15 is 0 Å². The van der Waals surface area contributed by atoms with Gasteiger partial charge in [-0.25, -0.2) is 9.79 Å². The fraction of sp³-hybridized carbons (Fsp3) is 0.889. The van der Waals surface area contributed by atoms with Crippen molar-refractivity contribution >= 4 is 6.08 Å². The number of nitrogens with zero attached hydrogens (tertiary/aromatic N) is 2. The van der Waals surface area contributed by atoms with Gasteiger partial charge in [0.15, 0.2) is 0 Å². The lowest BCUT2D eigenvalue weighted by Gasteiger charge is -2.32. The van der Waals surface area contributed by atoms with Gasteiger partial charge in [0.1, 0.15) is 0 Å². The molecule has 1 aliphatic rings. The average Bonchev–Trinajstić information content (AvgIpc) is 2.14. The molecule has 0 amide bonds. The average molecular weight is 183 g/mol. The van der Waals surface area contributed by atoms with Gasteiger partial charge >= 0.3 is 0 Å². The lowest BCUT2D eigenvalue weighted by Crippen LogP contribution is -2.47. The highest BCUT2D eigenvalue weighted by Crippen LogP contribution is 2.40. The van der Waals surface area contributed by atoms with Crippen LogP contribution >= 0.6 is 0 Å². The van der Waals surface area contributed by atoms with E-state index in [0.29, 0.717) is 6.42 Å². The van der Waals surface area contributed by atoms with Crippen LogP contribution in [0.2, 0.25) is 0 Å². The van der Waals surface area contributed by atoms with Crippen LogP contribution in [0.3, 0.4) is 0 Å². The van der Waals surface area contributed by atoms with Crippen LogP contribution in [0.15, 0.2) is 4.99 Å². The van der Waals surface area contributed by atoms with Crippen molar-refractivity contribution in [1.82, 2.24) is 5.06 Å². The number of rotatable bonds is 1. The largest absolute Gasteiger partial charge is 0.235 e. The van der Waals surface area contributed by atoms with Gasteiger partial charge in [0.2, 0.25) is 6.08 Å². The molecule has 0 spiro atoms. The zero-order chi connectivity index (χ0) is 10.3. The molecule has 0 aliphatic carbocycles. The monoisotopic (exact) mass is 183 g/mol. The number of aliphatic imine (C=N–C) groups is 1. The molecule has 1 unspecified atom stereocenters. The first-order valence-electron chi connectivity index (χ1n) is 4.37. The molecule has 1 aliphatic heterocycles. The highest BCUT2D eigenvalue weighted by Gasteiger charge is 2.52. The van der Waals surface area contributed by atoms with E-state index in [1.807, 2.05) is 13.8 Å². The highest BCUT2D eigenvalue weighted by molar-refractivity contribution is 5.34. The van der Waals surface area contributed by atoms with Crippen LogP contribution < -0.4 is 0 Å². The van der Waals surface area contributed by atoms with Gasteiger partial charge in [0.05, 0.1) is 11.6 Å². The van der Waals surface area contributed by atoms with Crippen LogP contribution in [0.1, 0.15) is 34.1 Å². The van der Waals surface area contributed by atoms with Crippen LogP contribution in [0.25, 0.3) is 0 Å². The van der Waals surface area contributed by atoms with Crippen LogP contribution in [0, 0.1) is 0 Å². The Labute approximate surface area is 78.2 Å². The molecular formula is C9H15N2O2. The van der Waals surface area contributed by atoms with Crippen LogP contribution in [-0.2, 0) is 10.0 Å². The molecule has 4 nitrogen and oxygen atoms in total. The number of hydrogen-bond acceptors (Lipinski definition) is 3. The van der Waals surface area contributed by atoms with E-state index in [2.05, 4.69) is 4.99 Å². The van der Waals surface area contributed by atoms with Crippen molar-refractivity contribution in [2.45, 2.75) is 51.2 Å². The topological polar surface area (TPSA) is 52.6 Å². The number of carbonyl (C=O) groups excluding carboxylic acids is 1. The minimum Gasteiger partial charge on any atom is -0.211 e. The lowest BCUT2D eigenvalue weighted by atomic mass is 9.95. The molecule has 1 saturated heterocycles. The van der Waals surface area contributed by atoms with Crippen molar-refractivity contribution in [3.63, 3.8) is 0 Å². The molecule has 4 heteroatoms. The molecule has 0 bridgehead atoms. The Hall–Kier alpha value is -0.700. The second-order valence-corrected chi connectivity index (χ2v) is 4.70. The van der Waals surface area contributed by atoms with Crippen LogP contribution in [0.4, 0.5) is 0 Å². The second kappa shape index (κ2) is 2.91. The Morgan fingerprint density at radius 1 is 1.38 bits per heavy atom. The minimum atomic E-state index is -0.596. The first kappa shape index (κ1) is 10.4. The maximum atomic E-state index is 11.8. The number of isocyanates is 1. The third-order valence-corrected chi connectivity index (χ3v) is 2.79. The van der Waals surface area contributed by atoms with E-state index in [1.165, 1.54) is 6.08 Å². The summed E-state index contributed by atoms with van der Waals surface area (Å²) in [5.74, 6) is 0. The predicted molar refractivity (Wildman–Crippen MR) is 47.2 cm³/mol. The Kier molecular flexibility index (Phi) is 2.32. The molecule has 0 N–H and O–H groups in total. The Morgan fingerprint density at radius 2 is 1.92 bits per heavy atom. The van der Waals surface area contributed by atoms with Crippen molar-refractivity contribution in [1.29, 1.82) is 0 Å². The summed E-state index contributed by atoms with van der Waals surface area (Å²) in [6.45, 7) is 7.34. The zero-order valence-electron chi connectivity index (χ0n) is 8.50. The quantitative estimate of drug-likeness (QED) is 0.454. The molecule has 1 rings (SSSR count).